The summed E-state index contributed by atoms with van der Waals surface area (Å²) >= 11 is 6.44. The molecule has 0 saturated heterocycles. The number of unbranched alkanes of at least 4 members (excludes halogenated alkanes) is 3. The van der Waals surface area contributed by atoms with Crippen LogP contribution in [0.5, 0.6) is 0 Å². The second-order valence-corrected chi connectivity index (χ2v) is 5.67. The van der Waals surface area contributed by atoms with Crippen LogP contribution in [0.15, 0.2) is 0 Å². The van der Waals surface area contributed by atoms with E-state index >= 15 is 0 Å². The number of hydrazine groups is 1. The largest absolute Gasteiger partial charge is 0.271 e. The van der Waals surface area contributed by atoms with Crippen LogP contribution >= 0.6 is 11.6 Å². The third kappa shape index (κ3) is 4.76. The van der Waals surface area contributed by atoms with Crippen LogP contribution < -0.4 is 11.3 Å². The maximum Gasteiger partial charge on any atom is 0.0850 e. The minimum absolute atomic E-state index is 0.274. The monoisotopic (exact) mass is 300 g/mol. The van der Waals surface area contributed by atoms with Gasteiger partial charge in [-0.25, -0.2) is 0 Å². The van der Waals surface area contributed by atoms with Crippen LogP contribution in [-0.2, 0) is 19.4 Å². The van der Waals surface area contributed by atoms with E-state index in [9.17, 15) is 0 Å². The number of rotatable bonds is 10. The fourth-order valence-corrected chi connectivity index (χ4v) is 2.85. The van der Waals surface area contributed by atoms with Crippen molar-refractivity contribution in [3.8, 4) is 0 Å². The van der Waals surface area contributed by atoms with Crippen molar-refractivity contribution in [2.75, 3.05) is 0 Å². The summed E-state index contributed by atoms with van der Waals surface area (Å²) in [5.74, 6) is 5.69. The summed E-state index contributed by atoms with van der Waals surface area (Å²) in [5.41, 5.74) is 5.04. The summed E-state index contributed by atoms with van der Waals surface area (Å²) in [6.07, 6.45) is 7.85. The van der Waals surface area contributed by atoms with Crippen LogP contribution in [0.2, 0.25) is 5.02 Å². The Balaban J connectivity index is 2.66. The topological polar surface area (TPSA) is 55.9 Å². The highest BCUT2D eigenvalue weighted by atomic mass is 35.5. The summed E-state index contributed by atoms with van der Waals surface area (Å²) in [5, 5.41) is 5.38. The molecule has 3 N–H and O–H groups in total. The second-order valence-electron chi connectivity index (χ2n) is 5.29. The van der Waals surface area contributed by atoms with Gasteiger partial charge in [-0.2, -0.15) is 5.10 Å². The molecule has 5 heteroatoms. The maximum absolute atomic E-state index is 6.44. The van der Waals surface area contributed by atoms with Crippen LogP contribution in [0.25, 0.3) is 0 Å². The molecular weight excluding hydrogens is 272 g/mol. The normalized spacial score (nSPS) is 12.8. The Morgan fingerprint density at radius 2 is 2.00 bits per heavy atom. The molecule has 0 fully saturated rings. The van der Waals surface area contributed by atoms with E-state index in [2.05, 4.69) is 31.3 Å². The van der Waals surface area contributed by atoms with Gasteiger partial charge in [0.25, 0.3) is 0 Å². The van der Waals surface area contributed by atoms with Crippen molar-refractivity contribution in [1.82, 2.24) is 15.2 Å². The lowest BCUT2D eigenvalue weighted by molar-refractivity contribution is 0.448. The molecule has 4 nitrogen and oxygen atoms in total. The highest BCUT2D eigenvalue weighted by Gasteiger charge is 2.18. The molecule has 0 spiro atoms. The van der Waals surface area contributed by atoms with Gasteiger partial charge in [-0.05, 0) is 19.8 Å². The lowest BCUT2D eigenvalue weighted by Gasteiger charge is -2.16. The smallest absolute Gasteiger partial charge is 0.0850 e. The number of aryl methyl sites for hydroxylation is 2. The molecule has 0 aromatic carbocycles. The van der Waals surface area contributed by atoms with Gasteiger partial charge >= 0.3 is 0 Å². The fourth-order valence-electron chi connectivity index (χ4n) is 2.51. The number of halogens is 1. The third-order valence-electron chi connectivity index (χ3n) is 3.78. The van der Waals surface area contributed by atoms with Gasteiger partial charge in [-0.3, -0.25) is 16.0 Å². The van der Waals surface area contributed by atoms with E-state index in [1.54, 1.807) is 0 Å². The Bertz CT molecular complexity index is 389. The fraction of sp³-hybridized carbons (Fsp3) is 0.800. The first-order chi connectivity index (χ1) is 9.67. The summed E-state index contributed by atoms with van der Waals surface area (Å²) in [7, 11) is 0. The first-order valence-electron chi connectivity index (χ1n) is 7.87. The summed E-state index contributed by atoms with van der Waals surface area (Å²) in [6, 6.07) is 0.274. The van der Waals surface area contributed by atoms with Crippen LogP contribution in [0, 0.1) is 0 Å². The zero-order valence-corrected chi connectivity index (χ0v) is 13.8. The van der Waals surface area contributed by atoms with Gasteiger partial charge in [0.15, 0.2) is 0 Å². The van der Waals surface area contributed by atoms with E-state index in [0.717, 1.165) is 42.2 Å². The SMILES string of the molecule is CCCCCCC(Cc1c(Cl)c(CC)nn1CC)NN. The van der Waals surface area contributed by atoms with Gasteiger partial charge in [-0.1, -0.05) is 51.1 Å². The zero-order valence-electron chi connectivity index (χ0n) is 13.1. The lowest BCUT2D eigenvalue weighted by atomic mass is 10.0. The molecular formula is C15H29ClN4. The first-order valence-corrected chi connectivity index (χ1v) is 8.25. The van der Waals surface area contributed by atoms with Crippen molar-refractivity contribution < 1.29 is 0 Å². The number of aromatic nitrogens is 2. The predicted octanol–water partition coefficient (Wildman–Crippen LogP) is 3.46. The average molecular weight is 301 g/mol. The van der Waals surface area contributed by atoms with Crippen LogP contribution in [-0.4, -0.2) is 15.8 Å². The quantitative estimate of drug-likeness (QED) is 0.395. The Labute approximate surface area is 128 Å². The van der Waals surface area contributed by atoms with Crippen molar-refractivity contribution in [3.63, 3.8) is 0 Å². The Hall–Kier alpha value is -0.580. The Morgan fingerprint density at radius 1 is 1.25 bits per heavy atom. The van der Waals surface area contributed by atoms with Crippen molar-refractivity contribution in [1.29, 1.82) is 0 Å². The number of hydrogen-bond donors (Lipinski definition) is 2. The van der Waals surface area contributed by atoms with Gasteiger partial charge in [0, 0.05) is 19.0 Å². The highest BCUT2D eigenvalue weighted by molar-refractivity contribution is 6.31. The summed E-state index contributed by atoms with van der Waals surface area (Å²) in [4.78, 5) is 0. The van der Waals surface area contributed by atoms with Gasteiger partial charge < -0.3 is 0 Å². The molecule has 1 unspecified atom stereocenters. The summed E-state index contributed by atoms with van der Waals surface area (Å²) < 4.78 is 2.01. The van der Waals surface area contributed by atoms with Crippen molar-refractivity contribution in [3.05, 3.63) is 16.4 Å². The van der Waals surface area contributed by atoms with Crippen LogP contribution in [0.1, 0.15) is 64.3 Å². The molecule has 0 radical (unpaired) electrons. The zero-order chi connectivity index (χ0) is 15.0. The standard InChI is InChI=1S/C15H29ClN4/c1-4-7-8-9-10-12(18-17)11-14-15(16)13(5-2)19-20(14)6-3/h12,18H,4-11,17H2,1-3H3. The molecule has 20 heavy (non-hydrogen) atoms. The van der Waals surface area contributed by atoms with E-state index < -0.39 is 0 Å². The van der Waals surface area contributed by atoms with Gasteiger partial charge in [0.1, 0.15) is 0 Å². The van der Waals surface area contributed by atoms with E-state index in [1.807, 2.05) is 4.68 Å². The maximum atomic E-state index is 6.44. The van der Waals surface area contributed by atoms with Crippen LogP contribution in [0.4, 0.5) is 0 Å². The van der Waals surface area contributed by atoms with Crippen molar-refractivity contribution in [2.45, 2.75) is 78.3 Å². The van der Waals surface area contributed by atoms with Gasteiger partial charge in [0.05, 0.1) is 16.4 Å². The van der Waals surface area contributed by atoms with E-state index in [-0.39, 0.29) is 6.04 Å². The Kier molecular flexibility index (Phi) is 8.19. The molecule has 1 atom stereocenters. The molecule has 1 rings (SSSR count). The molecule has 116 valence electrons. The lowest BCUT2D eigenvalue weighted by Crippen LogP contribution is -2.37. The Morgan fingerprint density at radius 3 is 2.55 bits per heavy atom. The minimum atomic E-state index is 0.274. The number of nitrogens with two attached hydrogens (primary N) is 1. The highest BCUT2D eigenvalue weighted by Crippen LogP contribution is 2.23. The van der Waals surface area contributed by atoms with Gasteiger partial charge in [-0.15, -0.1) is 0 Å². The van der Waals surface area contributed by atoms with E-state index in [0.29, 0.717) is 0 Å². The van der Waals surface area contributed by atoms with Crippen molar-refractivity contribution >= 4 is 11.6 Å². The van der Waals surface area contributed by atoms with E-state index in [1.165, 1.54) is 25.7 Å². The average Bonchev–Trinajstić information content (AvgIpc) is 2.78. The van der Waals surface area contributed by atoms with Crippen LogP contribution in [0.3, 0.4) is 0 Å². The predicted molar refractivity (Wildman–Crippen MR) is 85.9 cm³/mol. The molecule has 1 aromatic rings. The molecule has 0 amide bonds. The number of nitrogens with one attached hydrogen (secondary N) is 1. The molecule has 1 heterocycles. The molecule has 0 aliphatic carbocycles. The third-order valence-corrected chi connectivity index (χ3v) is 4.21. The van der Waals surface area contributed by atoms with E-state index in [4.69, 9.17) is 17.4 Å². The molecule has 0 bridgehead atoms. The molecule has 1 aromatic heterocycles. The molecule has 0 saturated carbocycles. The second kappa shape index (κ2) is 9.37. The number of nitrogens with zero attached hydrogens (tertiary/aromatic N) is 2. The molecule has 0 aliphatic heterocycles. The summed E-state index contributed by atoms with van der Waals surface area (Å²) in [6.45, 7) is 7.26. The minimum Gasteiger partial charge on any atom is -0.271 e. The van der Waals surface area contributed by atoms with Gasteiger partial charge in [0.2, 0.25) is 0 Å². The first kappa shape index (κ1) is 17.5. The molecule has 0 aliphatic rings. The number of hydrogen-bond acceptors (Lipinski definition) is 3. The van der Waals surface area contributed by atoms with Crippen molar-refractivity contribution in [2.24, 2.45) is 5.84 Å².